The largest absolute Gasteiger partial charge is 0.481 e. The van der Waals surface area contributed by atoms with Gasteiger partial charge in [-0.25, -0.2) is 9.50 Å². The van der Waals surface area contributed by atoms with E-state index in [0.29, 0.717) is 6.54 Å². The molecule has 0 radical (unpaired) electrons. The molecular formula is C14H19N5O2. The first-order valence-corrected chi connectivity index (χ1v) is 7.16. The fourth-order valence-corrected chi connectivity index (χ4v) is 2.65. The van der Waals surface area contributed by atoms with Gasteiger partial charge < -0.3 is 10.0 Å². The van der Waals surface area contributed by atoms with Crippen LogP contribution in [-0.2, 0) is 11.3 Å². The van der Waals surface area contributed by atoms with Gasteiger partial charge in [-0.3, -0.25) is 9.69 Å². The smallest absolute Gasteiger partial charge is 0.304 e. The molecule has 21 heavy (non-hydrogen) atoms. The molecule has 0 spiro atoms. The molecule has 3 rings (SSSR count). The van der Waals surface area contributed by atoms with Gasteiger partial charge in [-0.1, -0.05) is 0 Å². The predicted molar refractivity (Wildman–Crippen MR) is 77.0 cm³/mol. The number of carboxylic acids is 1. The van der Waals surface area contributed by atoms with Crippen molar-refractivity contribution >= 4 is 11.6 Å². The highest BCUT2D eigenvalue weighted by Gasteiger charge is 2.18. The molecule has 0 saturated carbocycles. The summed E-state index contributed by atoms with van der Waals surface area (Å²) in [5.74, 6) is -0.727. The third-order valence-electron chi connectivity index (χ3n) is 3.85. The van der Waals surface area contributed by atoms with Crippen LogP contribution in [-0.4, -0.2) is 68.2 Å². The molecule has 7 heteroatoms. The van der Waals surface area contributed by atoms with Gasteiger partial charge in [-0.15, -0.1) is 0 Å². The van der Waals surface area contributed by atoms with Crippen molar-refractivity contribution in [3.63, 3.8) is 0 Å². The summed E-state index contributed by atoms with van der Waals surface area (Å²) < 4.78 is 1.79. The summed E-state index contributed by atoms with van der Waals surface area (Å²) in [4.78, 5) is 19.5. The number of piperazine rings is 1. The minimum atomic E-state index is -0.727. The molecule has 0 aromatic carbocycles. The van der Waals surface area contributed by atoms with E-state index in [0.717, 1.165) is 43.9 Å². The number of aromatic nitrogens is 3. The SMILES string of the molecule is O=C(O)CCN1CCN(Cc2cnn3cccnc23)CC1. The Hall–Kier alpha value is -1.99. The number of carbonyl (C=O) groups is 1. The second-order valence-corrected chi connectivity index (χ2v) is 5.32. The van der Waals surface area contributed by atoms with Crippen LogP contribution >= 0.6 is 0 Å². The van der Waals surface area contributed by atoms with Crippen molar-refractivity contribution in [3.8, 4) is 0 Å². The van der Waals surface area contributed by atoms with Crippen molar-refractivity contribution in [2.75, 3.05) is 32.7 Å². The zero-order valence-electron chi connectivity index (χ0n) is 11.9. The van der Waals surface area contributed by atoms with Crippen LogP contribution in [0.4, 0.5) is 0 Å². The van der Waals surface area contributed by atoms with Crippen LogP contribution in [0.2, 0.25) is 0 Å². The summed E-state index contributed by atoms with van der Waals surface area (Å²) in [5.41, 5.74) is 2.04. The van der Waals surface area contributed by atoms with Gasteiger partial charge in [0.25, 0.3) is 0 Å². The maximum absolute atomic E-state index is 10.6. The molecule has 7 nitrogen and oxygen atoms in total. The molecule has 3 heterocycles. The van der Waals surface area contributed by atoms with Gasteiger partial charge in [-0.2, -0.15) is 5.10 Å². The zero-order chi connectivity index (χ0) is 14.7. The molecule has 0 atom stereocenters. The Bertz CT molecular complexity index is 619. The summed E-state index contributed by atoms with van der Waals surface area (Å²) in [7, 11) is 0. The first kappa shape index (κ1) is 14.0. The number of nitrogens with zero attached hydrogens (tertiary/aromatic N) is 5. The van der Waals surface area contributed by atoms with Crippen molar-refractivity contribution in [1.82, 2.24) is 24.4 Å². The van der Waals surface area contributed by atoms with E-state index in [1.54, 1.807) is 10.7 Å². The molecule has 0 amide bonds. The molecule has 1 fully saturated rings. The average molecular weight is 289 g/mol. The maximum atomic E-state index is 10.6. The second kappa shape index (κ2) is 6.19. The topological polar surface area (TPSA) is 74.0 Å². The van der Waals surface area contributed by atoms with Crippen molar-refractivity contribution in [3.05, 3.63) is 30.2 Å². The normalized spacial score (nSPS) is 17.3. The first-order valence-electron chi connectivity index (χ1n) is 7.16. The van der Waals surface area contributed by atoms with Crippen LogP contribution in [0, 0.1) is 0 Å². The number of hydrogen-bond donors (Lipinski definition) is 1. The minimum Gasteiger partial charge on any atom is -0.481 e. The highest BCUT2D eigenvalue weighted by atomic mass is 16.4. The number of aliphatic carboxylic acids is 1. The van der Waals surface area contributed by atoms with E-state index >= 15 is 0 Å². The summed E-state index contributed by atoms with van der Waals surface area (Å²) in [6, 6.07) is 1.87. The van der Waals surface area contributed by atoms with E-state index in [1.807, 2.05) is 18.5 Å². The average Bonchev–Trinajstić information content (AvgIpc) is 2.90. The number of rotatable bonds is 5. The number of fused-ring (bicyclic) bond motifs is 1. The Morgan fingerprint density at radius 3 is 2.76 bits per heavy atom. The highest BCUT2D eigenvalue weighted by Crippen LogP contribution is 2.12. The van der Waals surface area contributed by atoms with Gasteiger partial charge in [0.15, 0.2) is 5.65 Å². The Labute approximate surface area is 122 Å². The van der Waals surface area contributed by atoms with Gasteiger partial charge in [0.05, 0.1) is 12.6 Å². The number of carboxylic acid groups (broad SMARTS) is 1. The standard InChI is InChI=1S/C14H19N5O2/c20-13(21)2-5-17-6-8-18(9-7-17)11-12-10-16-19-4-1-3-15-14(12)19/h1,3-4,10H,2,5-9,11H2,(H,20,21). The number of hydrogen-bond acceptors (Lipinski definition) is 5. The molecule has 2 aromatic rings. The summed E-state index contributed by atoms with van der Waals surface area (Å²) in [6.45, 7) is 5.21. The monoisotopic (exact) mass is 289 g/mol. The minimum absolute atomic E-state index is 0.220. The van der Waals surface area contributed by atoms with Crippen molar-refractivity contribution < 1.29 is 9.90 Å². The van der Waals surface area contributed by atoms with Gasteiger partial charge in [0, 0.05) is 57.2 Å². The molecule has 1 aliphatic heterocycles. The lowest BCUT2D eigenvalue weighted by molar-refractivity contribution is -0.137. The lowest BCUT2D eigenvalue weighted by Gasteiger charge is -2.34. The summed E-state index contributed by atoms with van der Waals surface area (Å²) in [5, 5.41) is 13.0. The van der Waals surface area contributed by atoms with Crippen LogP contribution in [0.3, 0.4) is 0 Å². The molecule has 1 N–H and O–H groups in total. The fraction of sp³-hybridized carbons (Fsp3) is 0.500. The lowest BCUT2D eigenvalue weighted by Crippen LogP contribution is -2.46. The lowest BCUT2D eigenvalue weighted by atomic mass is 10.2. The van der Waals surface area contributed by atoms with E-state index < -0.39 is 5.97 Å². The fourth-order valence-electron chi connectivity index (χ4n) is 2.65. The summed E-state index contributed by atoms with van der Waals surface area (Å²) >= 11 is 0. The molecule has 0 bridgehead atoms. The molecule has 112 valence electrons. The Balaban J connectivity index is 1.54. The van der Waals surface area contributed by atoms with Crippen LogP contribution < -0.4 is 0 Å². The van der Waals surface area contributed by atoms with Crippen LogP contribution in [0.5, 0.6) is 0 Å². The molecular weight excluding hydrogens is 270 g/mol. The zero-order valence-corrected chi connectivity index (χ0v) is 11.9. The van der Waals surface area contributed by atoms with E-state index in [-0.39, 0.29) is 6.42 Å². The van der Waals surface area contributed by atoms with Gasteiger partial charge in [0.2, 0.25) is 0 Å². The van der Waals surface area contributed by atoms with Crippen molar-refractivity contribution in [2.45, 2.75) is 13.0 Å². The van der Waals surface area contributed by atoms with E-state index in [1.165, 1.54) is 0 Å². The Morgan fingerprint density at radius 2 is 2.00 bits per heavy atom. The van der Waals surface area contributed by atoms with Crippen LogP contribution in [0.15, 0.2) is 24.7 Å². The van der Waals surface area contributed by atoms with Gasteiger partial charge in [-0.05, 0) is 6.07 Å². The highest BCUT2D eigenvalue weighted by molar-refractivity contribution is 5.66. The summed E-state index contributed by atoms with van der Waals surface area (Å²) in [6.07, 6.45) is 5.77. The molecule has 2 aromatic heterocycles. The maximum Gasteiger partial charge on any atom is 0.304 e. The van der Waals surface area contributed by atoms with E-state index in [2.05, 4.69) is 19.9 Å². The Morgan fingerprint density at radius 1 is 1.24 bits per heavy atom. The molecule has 0 aliphatic carbocycles. The molecule has 0 unspecified atom stereocenters. The van der Waals surface area contributed by atoms with Crippen LogP contribution in [0.1, 0.15) is 12.0 Å². The van der Waals surface area contributed by atoms with Gasteiger partial charge >= 0.3 is 5.97 Å². The van der Waals surface area contributed by atoms with E-state index in [4.69, 9.17) is 5.11 Å². The quantitative estimate of drug-likeness (QED) is 0.854. The van der Waals surface area contributed by atoms with E-state index in [9.17, 15) is 4.79 Å². The molecule has 1 saturated heterocycles. The first-order chi connectivity index (χ1) is 10.2. The predicted octanol–water partition coefficient (Wildman–Crippen LogP) is 0.322. The Kier molecular flexibility index (Phi) is 4.12. The van der Waals surface area contributed by atoms with Crippen molar-refractivity contribution in [2.24, 2.45) is 0 Å². The second-order valence-electron chi connectivity index (χ2n) is 5.32. The third-order valence-corrected chi connectivity index (χ3v) is 3.85. The third kappa shape index (κ3) is 3.37. The van der Waals surface area contributed by atoms with Crippen LogP contribution in [0.25, 0.3) is 5.65 Å². The van der Waals surface area contributed by atoms with Gasteiger partial charge in [0.1, 0.15) is 0 Å². The molecule has 1 aliphatic rings. The van der Waals surface area contributed by atoms with Crippen molar-refractivity contribution in [1.29, 1.82) is 0 Å².